The van der Waals surface area contributed by atoms with Crippen molar-refractivity contribution in [2.24, 2.45) is 11.3 Å². The average molecular weight is 285 g/mol. The fraction of sp³-hybridized carbons (Fsp3) is 1.00. The van der Waals surface area contributed by atoms with Crippen molar-refractivity contribution in [3.05, 3.63) is 0 Å². The summed E-state index contributed by atoms with van der Waals surface area (Å²) < 4.78 is 27.6. The number of ether oxygens (including phenoxy) is 1. The predicted molar refractivity (Wildman–Crippen MR) is 72.9 cm³/mol. The van der Waals surface area contributed by atoms with Gasteiger partial charge in [-0.1, -0.05) is 34.1 Å². The molecule has 0 saturated heterocycles. The van der Waals surface area contributed by atoms with Crippen molar-refractivity contribution < 1.29 is 13.2 Å². The highest BCUT2D eigenvalue weighted by Crippen LogP contribution is 2.19. The molecular formula is C12H25ClO3S. The molecule has 0 aliphatic heterocycles. The number of halogens is 1. The van der Waals surface area contributed by atoms with E-state index in [-0.39, 0.29) is 17.1 Å². The maximum atomic E-state index is 11.0. The Balaban J connectivity index is 3.94. The molecule has 0 aliphatic rings. The largest absolute Gasteiger partial charge is 0.381 e. The first-order chi connectivity index (χ1) is 7.64. The van der Waals surface area contributed by atoms with Crippen LogP contribution in [0.15, 0.2) is 0 Å². The lowest BCUT2D eigenvalue weighted by molar-refractivity contribution is 0.0825. The second-order valence-corrected chi connectivity index (χ2v) is 8.57. The molecule has 0 aromatic carbocycles. The maximum Gasteiger partial charge on any atom is 0.232 e. The Morgan fingerprint density at radius 1 is 1.29 bits per heavy atom. The molecule has 0 fully saturated rings. The van der Waals surface area contributed by atoms with Crippen LogP contribution in [0.3, 0.4) is 0 Å². The Kier molecular flexibility index (Phi) is 7.68. The molecule has 0 saturated carbocycles. The fourth-order valence-corrected chi connectivity index (χ4v) is 2.89. The summed E-state index contributed by atoms with van der Waals surface area (Å²) in [6.45, 7) is 9.65. The van der Waals surface area contributed by atoms with Gasteiger partial charge in [0.2, 0.25) is 9.05 Å². The van der Waals surface area contributed by atoms with Gasteiger partial charge in [-0.15, -0.1) is 0 Å². The Labute approximate surface area is 110 Å². The van der Waals surface area contributed by atoms with Crippen molar-refractivity contribution in [1.29, 1.82) is 0 Å². The standard InChI is InChI=1S/C12H25ClO3S/c1-5-6-11(10-17(13,14)15)9-16-8-7-12(2,3)4/h11H,5-10H2,1-4H3. The van der Waals surface area contributed by atoms with E-state index in [1.807, 2.05) is 6.92 Å². The Morgan fingerprint density at radius 2 is 1.88 bits per heavy atom. The third-order valence-electron chi connectivity index (χ3n) is 2.48. The third-order valence-corrected chi connectivity index (χ3v) is 3.73. The van der Waals surface area contributed by atoms with Crippen LogP contribution in [0.25, 0.3) is 0 Å². The molecule has 0 bridgehead atoms. The van der Waals surface area contributed by atoms with Gasteiger partial charge in [0, 0.05) is 17.3 Å². The van der Waals surface area contributed by atoms with Gasteiger partial charge in [-0.05, 0) is 24.2 Å². The minimum Gasteiger partial charge on any atom is -0.381 e. The molecule has 104 valence electrons. The first-order valence-corrected chi connectivity index (χ1v) is 8.62. The van der Waals surface area contributed by atoms with Crippen molar-refractivity contribution in [2.75, 3.05) is 19.0 Å². The Morgan fingerprint density at radius 3 is 2.29 bits per heavy atom. The van der Waals surface area contributed by atoms with Crippen LogP contribution >= 0.6 is 10.7 Å². The Bertz CT molecular complexity index is 293. The van der Waals surface area contributed by atoms with Gasteiger partial charge in [0.25, 0.3) is 0 Å². The van der Waals surface area contributed by atoms with Crippen LogP contribution in [0, 0.1) is 11.3 Å². The quantitative estimate of drug-likeness (QED) is 0.507. The second kappa shape index (κ2) is 7.59. The van der Waals surface area contributed by atoms with Crippen molar-refractivity contribution in [3.63, 3.8) is 0 Å². The summed E-state index contributed by atoms with van der Waals surface area (Å²) in [5.74, 6) is 0.0280. The molecule has 0 spiro atoms. The van der Waals surface area contributed by atoms with Crippen LogP contribution < -0.4 is 0 Å². The lowest BCUT2D eigenvalue weighted by Crippen LogP contribution is -2.19. The first kappa shape index (κ1) is 17.2. The molecule has 0 aromatic rings. The van der Waals surface area contributed by atoms with Crippen molar-refractivity contribution in [1.82, 2.24) is 0 Å². The molecule has 17 heavy (non-hydrogen) atoms. The van der Waals surface area contributed by atoms with Gasteiger partial charge in [-0.2, -0.15) is 0 Å². The van der Waals surface area contributed by atoms with Crippen LogP contribution in [-0.2, 0) is 13.8 Å². The van der Waals surface area contributed by atoms with E-state index < -0.39 is 9.05 Å². The van der Waals surface area contributed by atoms with Crippen molar-refractivity contribution in [3.8, 4) is 0 Å². The molecule has 0 aromatic heterocycles. The van der Waals surface area contributed by atoms with Crippen LogP contribution in [0.5, 0.6) is 0 Å². The third kappa shape index (κ3) is 12.4. The zero-order valence-corrected chi connectivity index (χ0v) is 12.9. The zero-order chi connectivity index (χ0) is 13.5. The van der Waals surface area contributed by atoms with E-state index in [9.17, 15) is 8.42 Å². The minimum atomic E-state index is -3.42. The summed E-state index contributed by atoms with van der Waals surface area (Å²) in [6.07, 6.45) is 2.75. The van der Waals surface area contributed by atoms with Crippen LogP contribution in [0.2, 0.25) is 0 Å². The van der Waals surface area contributed by atoms with E-state index in [0.717, 1.165) is 19.3 Å². The highest BCUT2D eigenvalue weighted by atomic mass is 35.7. The molecule has 0 radical (unpaired) electrons. The van der Waals surface area contributed by atoms with E-state index in [1.54, 1.807) is 0 Å². The monoisotopic (exact) mass is 284 g/mol. The van der Waals surface area contributed by atoms with Gasteiger partial charge >= 0.3 is 0 Å². The molecular weight excluding hydrogens is 260 g/mol. The van der Waals surface area contributed by atoms with Gasteiger partial charge in [0.15, 0.2) is 0 Å². The first-order valence-electron chi connectivity index (χ1n) is 6.14. The number of rotatable bonds is 8. The van der Waals surface area contributed by atoms with E-state index in [1.165, 1.54) is 0 Å². The normalized spacial score (nSPS) is 14.9. The van der Waals surface area contributed by atoms with E-state index in [4.69, 9.17) is 15.4 Å². The number of hydrogen-bond acceptors (Lipinski definition) is 3. The zero-order valence-electron chi connectivity index (χ0n) is 11.3. The number of hydrogen-bond donors (Lipinski definition) is 0. The summed E-state index contributed by atoms with van der Waals surface area (Å²) in [5, 5.41) is 0. The average Bonchev–Trinajstić information content (AvgIpc) is 2.08. The molecule has 0 heterocycles. The molecule has 1 unspecified atom stereocenters. The molecule has 5 heteroatoms. The molecule has 0 aliphatic carbocycles. The topological polar surface area (TPSA) is 43.4 Å². The molecule has 0 amide bonds. The predicted octanol–water partition coefficient (Wildman–Crippen LogP) is 3.42. The summed E-state index contributed by atoms with van der Waals surface area (Å²) in [6, 6.07) is 0. The van der Waals surface area contributed by atoms with E-state index >= 15 is 0 Å². The van der Waals surface area contributed by atoms with Crippen molar-refractivity contribution >= 4 is 19.7 Å². The highest BCUT2D eigenvalue weighted by molar-refractivity contribution is 8.13. The Hall–Kier alpha value is 0.200. The van der Waals surface area contributed by atoms with Crippen molar-refractivity contribution in [2.45, 2.75) is 47.0 Å². The summed E-state index contributed by atoms with van der Waals surface area (Å²) in [4.78, 5) is 0. The summed E-state index contributed by atoms with van der Waals surface area (Å²) in [7, 11) is 1.85. The molecule has 0 N–H and O–H groups in total. The van der Waals surface area contributed by atoms with Crippen LogP contribution in [0.4, 0.5) is 0 Å². The van der Waals surface area contributed by atoms with Crippen LogP contribution in [0.1, 0.15) is 47.0 Å². The molecule has 3 nitrogen and oxygen atoms in total. The second-order valence-electron chi connectivity index (χ2n) is 5.75. The molecule has 1 atom stereocenters. The van der Waals surface area contributed by atoms with Crippen LogP contribution in [-0.4, -0.2) is 27.4 Å². The van der Waals surface area contributed by atoms with Gasteiger partial charge in [0.1, 0.15) is 0 Å². The van der Waals surface area contributed by atoms with E-state index in [2.05, 4.69) is 20.8 Å². The minimum absolute atomic E-state index is 0.0118. The molecule has 0 rings (SSSR count). The summed E-state index contributed by atoms with van der Waals surface area (Å²) >= 11 is 0. The smallest absolute Gasteiger partial charge is 0.232 e. The van der Waals surface area contributed by atoms with E-state index in [0.29, 0.717) is 13.2 Å². The summed E-state index contributed by atoms with van der Waals surface area (Å²) in [5.41, 5.74) is 0.249. The SMILES string of the molecule is CCCC(COCCC(C)(C)C)CS(=O)(=O)Cl. The van der Waals surface area contributed by atoms with Gasteiger partial charge < -0.3 is 4.74 Å². The van der Waals surface area contributed by atoms with Gasteiger partial charge in [-0.25, -0.2) is 8.42 Å². The lowest BCUT2D eigenvalue weighted by Gasteiger charge is -2.19. The highest BCUT2D eigenvalue weighted by Gasteiger charge is 2.17. The fourth-order valence-electron chi connectivity index (χ4n) is 1.53. The maximum absolute atomic E-state index is 11.0. The van der Waals surface area contributed by atoms with Gasteiger partial charge in [0.05, 0.1) is 12.4 Å². The lowest BCUT2D eigenvalue weighted by atomic mass is 9.93. The van der Waals surface area contributed by atoms with Gasteiger partial charge in [-0.3, -0.25) is 0 Å².